The Bertz CT molecular complexity index is 909. The number of benzene rings is 2. The van der Waals surface area contributed by atoms with Crippen molar-refractivity contribution in [2.45, 2.75) is 23.8 Å². The summed E-state index contributed by atoms with van der Waals surface area (Å²) in [7, 11) is -0.661. The van der Waals surface area contributed by atoms with Crippen molar-refractivity contribution in [1.82, 2.24) is 9.62 Å². The van der Waals surface area contributed by atoms with Gasteiger partial charge in [-0.2, -0.15) is 0 Å². The van der Waals surface area contributed by atoms with Crippen molar-refractivity contribution in [3.05, 3.63) is 59.7 Å². The van der Waals surface area contributed by atoms with E-state index in [9.17, 15) is 13.2 Å². The first-order chi connectivity index (χ1) is 12.4. The van der Waals surface area contributed by atoms with Gasteiger partial charge in [0.15, 0.2) is 0 Å². The molecule has 0 saturated heterocycles. The Morgan fingerprint density at radius 2 is 1.92 bits per heavy atom. The van der Waals surface area contributed by atoms with Gasteiger partial charge < -0.3 is 10.1 Å². The maximum atomic E-state index is 12.7. The summed E-state index contributed by atoms with van der Waals surface area (Å²) in [6.45, 7) is 0.611. The van der Waals surface area contributed by atoms with Crippen LogP contribution in [-0.4, -0.2) is 39.3 Å². The van der Waals surface area contributed by atoms with Crippen molar-refractivity contribution in [3.8, 4) is 5.75 Å². The normalized spacial score (nSPS) is 17.1. The van der Waals surface area contributed by atoms with Gasteiger partial charge in [-0.05, 0) is 37.1 Å². The topological polar surface area (TPSA) is 75.7 Å². The molecule has 1 unspecified atom stereocenters. The van der Waals surface area contributed by atoms with E-state index in [1.165, 1.54) is 26.2 Å². The first-order valence-corrected chi connectivity index (χ1v) is 9.89. The fraction of sp³-hybridized carbons (Fsp3) is 0.316. The first kappa shape index (κ1) is 18.4. The summed E-state index contributed by atoms with van der Waals surface area (Å²) >= 11 is 0. The number of nitrogens with zero attached hydrogens (tertiary/aromatic N) is 1. The van der Waals surface area contributed by atoms with Crippen LogP contribution in [0, 0.1) is 0 Å². The van der Waals surface area contributed by atoms with E-state index >= 15 is 0 Å². The van der Waals surface area contributed by atoms with Crippen LogP contribution in [-0.2, 0) is 10.0 Å². The second-order valence-corrected chi connectivity index (χ2v) is 8.52. The van der Waals surface area contributed by atoms with E-state index < -0.39 is 10.0 Å². The monoisotopic (exact) mass is 374 g/mol. The molecule has 2 aromatic rings. The molecule has 1 heterocycles. The zero-order valence-corrected chi connectivity index (χ0v) is 15.6. The number of fused-ring (bicyclic) bond motifs is 1. The largest absolute Gasteiger partial charge is 0.493 e. The van der Waals surface area contributed by atoms with Crippen molar-refractivity contribution >= 4 is 15.9 Å². The predicted molar refractivity (Wildman–Crippen MR) is 98.7 cm³/mol. The van der Waals surface area contributed by atoms with Crippen LogP contribution in [0.3, 0.4) is 0 Å². The molecule has 0 bridgehead atoms. The number of hydrogen-bond acceptors (Lipinski definition) is 4. The molecule has 0 spiro atoms. The lowest BCUT2D eigenvalue weighted by Gasteiger charge is -2.19. The van der Waals surface area contributed by atoms with Crippen molar-refractivity contribution in [2.75, 3.05) is 20.7 Å². The minimum atomic E-state index is -3.59. The van der Waals surface area contributed by atoms with E-state index in [2.05, 4.69) is 5.32 Å². The van der Waals surface area contributed by atoms with Gasteiger partial charge in [0, 0.05) is 25.2 Å². The highest BCUT2D eigenvalue weighted by Crippen LogP contribution is 2.31. The number of carbonyl (C=O) groups is 1. The van der Waals surface area contributed by atoms with E-state index in [-0.39, 0.29) is 16.8 Å². The van der Waals surface area contributed by atoms with Crippen molar-refractivity contribution in [2.24, 2.45) is 0 Å². The van der Waals surface area contributed by atoms with Crippen molar-refractivity contribution in [3.63, 3.8) is 0 Å². The molecule has 0 aliphatic carbocycles. The van der Waals surface area contributed by atoms with Gasteiger partial charge in [0.1, 0.15) is 5.75 Å². The number of carbonyl (C=O) groups excluding carboxylic acids is 1. The van der Waals surface area contributed by atoms with Gasteiger partial charge in [-0.1, -0.05) is 24.3 Å². The lowest BCUT2D eigenvalue weighted by molar-refractivity contribution is 0.0934. The molecule has 1 aliphatic rings. The zero-order chi connectivity index (χ0) is 18.7. The summed E-state index contributed by atoms with van der Waals surface area (Å²) in [5, 5.41) is 3.01. The predicted octanol–water partition coefficient (Wildman–Crippen LogP) is 2.58. The highest BCUT2D eigenvalue weighted by Gasteiger charge is 2.23. The van der Waals surface area contributed by atoms with E-state index in [0.29, 0.717) is 12.2 Å². The molecule has 26 heavy (non-hydrogen) atoms. The standard InChI is InChI=1S/C19H22N2O4S/c1-21(2)26(23,24)15-8-5-7-14(13-15)19(22)20-17-10-6-12-25-18-11-4-3-9-16(17)18/h3-5,7-9,11,13,17H,6,10,12H2,1-2H3,(H,20,22). The van der Waals surface area contributed by atoms with Gasteiger partial charge in [-0.15, -0.1) is 0 Å². The van der Waals surface area contributed by atoms with Crippen LogP contribution in [0.4, 0.5) is 0 Å². The molecule has 0 aromatic heterocycles. The molecule has 0 radical (unpaired) electrons. The Kier molecular flexibility index (Phi) is 5.29. The number of amides is 1. The molecule has 1 N–H and O–H groups in total. The highest BCUT2D eigenvalue weighted by atomic mass is 32.2. The van der Waals surface area contributed by atoms with Gasteiger partial charge in [-0.25, -0.2) is 12.7 Å². The third-order valence-corrected chi connectivity index (χ3v) is 6.18. The highest BCUT2D eigenvalue weighted by molar-refractivity contribution is 7.89. The number of sulfonamides is 1. The lowest BCUT2D eigenvalue weighted by Crippen LogP contribution is -2.29. The molecule has 0 fully saturated rings. The maximum absolute atomic E-state index is 12.7. The molecule has 1 atom stereocenters. The second-order valence-electron chi connectivity index (χ2n) is 6.37. The molecule has 138 valence electrons. The molecule has 7 heteroatoms. The maximum Gasteiger partial charge on any atom is 0.251 e. The molecular formula is C19H22N2O4S. The fourth-order valence-electron chi connectivity index (χ4n) is 2.93. The Labute approximate surface area is 153 Å². The van der Waals surface area contributed by atoms with E-state index in [4.69, 9.17) is 4.74 Å². The molecule has 1 amide bonds. The third-order valence-electron chi connectivity index (χ3n) is 4.37. The smallest absolute Gasteiger partial charge is 0.251 e. The van der Waals surface area contributed by atoms with Crippen LogP contribution < -0.4 is 10.1 Å². The van der Waals surface area contributed by atoms with Crippen molar-refractivity contribution < 1.29 is 17.9 Å². The van der Waals surface area contributed by atoms with Crippen molar-refractivity contribution in [1.29, 1.82) is 0 Å². The Morgan fingerprint density at radius 3 is 2.69 bits per heavy atom. The minimum absolute atomic E-state index is 0.0970. The minimum Gasteiger partial charge on any atom is -0.493 e. The van der Waals surface area contributed by atoms with E-state index in [1.54, 1.807) is 12.1 Å². The Balaban J connectivity index is 1.85. The molecule has 1 aliphatic heterocycles. The number of hydrogen-bond donors (Lipinski definition) is 1. The summed E-state index contributed by atoms with van der Waals surface area (Å²) in [5.41, 5.74) is 1.26. The van der Waals surface area contributed by atoms with Gasteiger partial charge in [0.2, 0.25) is 10.0 Å². The van der Waals surface area contributed by atoms with E-state index in [1.807, 2.05) is 24.3 Å². The van der Waals surface area contributed by atoms with Crippen LogP contribution in [0.1, 0.15) is 34.8 Å². The van der Waals surface area contributed by atoms with Gasteiger partial charge in [0.05, 0.1) is 17.5 Å². The van der Waals surface area contributed by atoms with Crippen LogP contribution in [0.25, 0.3) is 0 Å². The average molecular weight is 374 g/mol. The first-order valence-electron chi connectivity index (χ1n) is 8.45. The summed E-state index contributed by atoms with van der Waals surface area (Å²) in [4.78, 5) is 12.8. The number of ether oxygens (including phenoxy) is 1. The summed E-state index contributed by atoms with van der Waals surface area (Å²) in [6, 6.07) is 13.6. The molecule has 6 nitrogen and oxygen atoms in total. The number of nitrogens with one attached hydrogen (secondary N) is 1. The van der Waals surface area contributed by atoms with Gasteiger partial charge >= 0.3 is 0 Å². The Morgan fingerprint density at radius 1 is 1.15 bits per heavy atom. The summed E-state index contributed by atoms with van der Waals surface area (Å²) in [5.74, 6) is 0.474. The van der Waals surface area contributed by atoms with Crippen LogP contribution in [0.15, 0.2) is 53.4 Å². The molecule has 0 saturated carbocycles. The lowest BCUT2D eigenvalue weighted by atomic mass is 10.0. The van der Waals surface area contributed by atoms with Gasteiger partial charge in [-0.3, -0.25) is 4.79 Å². The molecule has 3 rings (SSSR count). The van der Waals surface area contributed by atoms with E-state index in [0.717, 1.165) is 28.5 Å². The quantitative estimate of drug-likeness (QED) is 0.892. The molecular weight excluding hydrogens is 352 g/mol. The average Bonchev–Trinajstić information content (AvgIpc) is 2.84. The van der Waals surface area contributed by atoms with Crippen LogP contribution in [0.2, 0.25) is 0 Å². The third kappa shape index (κ3) is 3.73. The number of para-hydroxylation sites is 1. The summed E-state index contributed by atoms with van der Waals surface area (Å²) in [6.07, 6.45) is 1.59. The Hall–Kier alpha value is -2.38. The SMILES string of the molecule is CN(C)S(=O)(=O)c1cccc(C(=O)NC2CCCOc3ccccc32)c1. The zero-order valence-electron chi connectivity index (χ0n) is 14.8. The fourth-order valence-corrected chi connectivity index (χ4v) is 3.87. The van der Waals surface area contributed by atoms with Crippen LogP contribution in [0.5, 0.6) is 5.75 Å². The number of rotatable bonds is 4. The second kappa shape index (κ2) is 7.47. The molecule has 2 aromatic carbocycles. The summed E-state index contributed by atoms with van der Waals surface area (Å²) < 4.78 is 31.4. The van der Waals surface area contributed by atoms with Gasteiger partial charge in [0.25, 0.3) is 5.91 Å². The van der Waals surface area contributed by atoms with Crippen LogP contribution >= 0.6 is 0 Å².